The predicted octanol–water partition coefficient (Wildman–Crippen LogP) is 1.99. The van der Waals surface area contributed by atoms with Crippen LogP contribution in [0, 0.1) is 5.92 Å². The van der Waals surface area contributed by atoms with Gasteiger partial charge < -0.3 is 15.3 Å². The summed E-state index contributed by atoms with van der Waals surface area (Å²) in [6.07, 6.45) is -4.68. The molecule has 0 aromatic carbocycles. The fraction of sp³-hybridized carbons (Fsp3) is 0.909. The van der Waals surface area contributed by atoms with Gasteiger partial charge in [0.05, 0.1) is 13.1 Å². The highest BCUT2D eigenvalue weighted by atomic mass is 19.4. The van der Waals surface area contributed by atoms with Crippen LogP contribution in [0.5, 0.6) is 0 Å². The monoisotopic (exact) mass is 270 g/mol. The Kier molecular flexibility index (Phi) is 5.92. The lowest BCUT2D eigenvalue weighted by Gasteiger charge is -2.46. The number of carbonyl (C=O) groups is 1. The van der Waals surface area contributed by atoms with Gasteiger partial charge in [-0.1, -0.05) is 27.7 Å². The molecule has 0 saturated carbocycles. The van der Waals surface area contributed by atoms with Crippen LogP contribution in [0.1, 0.15) is 27.7 Å². The zero-order valence-corrected chi connectivity index (χ0v) is 11.1. The highest BCUT2D eigenvalue weighted by Crippen LogP contribution is 2.37. The minimum absolute atomic E-state index is 0.228. The number of rotatable bonds is 2. The lowest BCUT2D eigenvalue weighted by Crippen LogP contribution is -2.71. The first-order valence-corrected chi connectivity index (χ1v) is 5.97. The van der Waals surface area contributed by atoms with Crippen molar-refractivity contribution in [1.29, 1.82) is 0 Å². The SMILES string of the molecule is CC.CC(C)CNC(=O)N1CC(O)(C(F)(F)F)C1. The minimum atomic E-state index is -4.68. The second kappa shape index (κ2) is 6.26. The molecule has 2 N–H and O–H groups in total. The van der Waals surface area contributed by atoms with Crippen LogP contribution in [0.25, 0.3) is 0 Å². The standard InChI is InChI=1S/C9H15F3N2O2.C2H6/c1-6(2)3-13-7(15)14-4-8(16,5-14)9(10,11)12;1-2/h6,16H,3-5H2,1-2H3,(H,13,15);1-2H3. The van der Waals surface area contributed by atoms with Crippen LogP contribution in [0.15, 0.2) is 0 Å². The number of halogens is 3. The molecule has 0 spiro atoms. The van der Waals surface area contributed by atoms with Crippen LogP contribution < -0.4 is 5.32 Å². The van der Waals surface area contributed by atoms with Gasteiger partial charge in [-0.15, -0.1) is 0 Å². The van der Waals surface area contributed by atoms with Crippen LogP contribution in [0.3, 0.4) is 0 Å². The van der Waals surface area contributed by atoms with Crippen LogP contribution in [-0.2, 0) is 0 Å². The molecule has 1 aliphatic heterocycles. The third kappa shape index (κ3) is 4.04. The zero-order chi connectivity index (χ0) is 14.6. The molecule has 1 heterocycles. The molecule has 0 aliphatic carbocycles. The molecule has 1 rings (SSSR count). The number of alkyl halides is 3. The Hall–Kier alpha value is -0.980. The van der Waals surface area contributed by atoms with Gasteiger partial charge in [-0.05, 0) is 5.92 Å². The van der Waals surface area contributed by atoms with Gasteiger partial charge >= 0.3 is 12.2 Å². The molecule has 0 atom stereocenters. The predicted molar refractivity (Wildman–Crippen MR) is 62.2 cm³/mol. The molecular formula is C11H21F3N2O2. The Morgan fingerprint density at radius 1 is 1.39 bits per heavy atom. The van der Waals surface area contributed by atoms with Crippen molar-refractivity contribution in [3.63, 3.8) is 0 Å². The van der Waals surface area contributed by atoms with Gasteiger partial charge in [0, 0.05) is 6.54 Å². The van der Waals surface area contributed by atoms with E-state index in [4.69, 9.17) is 5.11 Å². The average molecular weight is 270 g/mol. The summed E-state index contributed by atoms with van der Waals surface area (Å²) in [6, 6.07) is -0.567. The largest absolute Gasteiger partial charge is 0.420 e. The summed E-state index contributed by atoms with van der Waals surface area (Å²) in [5, 5.41) is 11.6. The minimum Gasteiger partial charge on any atom is -0.378 e. The second-order valence-corrected chi connectivity index (χ2v) is 4.47. The molecule has 1 saturated heterocycles. The van der Waals surface area contributed by atoms with E-state index in [1.54, 1.807) is 0 Å². The molecule has 7 heteroatoms. The van der Waals surface area contributed by atoms with E-state index >= 15 is 0 Å². The van der Waals surface area contributed by atoms with Gasteiger partial charge in [-0.25, -0.2) is 4.79 Å². The average Bonchev–Trinajstić information content (AvgIpc) is 2.22. The van der Waals surface area contributed by atoms with Crippen molar-refractivity contribution < 1.29 is 23.1 Å². The molecule has 4 nitrogen and oxygen atoms in total. The second-order valence-electron chi connectivity index (χ2n) is 4.47. The number of nitrogens with zero attached hydrogens (tertiary/aromatic N) is 1. The van der Waals surface area contributed by atoms with E-state index < -0.39 is 30.9 Å². The van der Waals surface area contributed by atoms with Crippen molar-refractivity contribution in [2.24, 2.45) is 5.92 Å². The van der Waals surface area contributed by atoms with Crippen molar-refractivity contribution in [2.45, 2.75) is 39.5 Å². The van der Waals surface area contributed by atoms with E-state index in [0.29, 0.717) is 6.54 Å². The van der Waals surface area contributed by atoms with E-state index in [-0.39, 0.29) is 5.92 Å². The maximum Gasteiger partial charge on any atom is 0.420 e. The van der Waals surface area contributed by atoms with Crippen LogP contribution >= 0.6 is 0 Å². The van der Waals surface area contributed by atoms with Crippen molar-refractivity contribution >= 4 is 6.03 Å². The summed E-state index contributed by atoms with van der Waals surface area (Å²) in [6.45, 7) is 6.77. The topological polar surface area (TPSA) is 52.6 Å². The van der Waals surface area contributed by atoms with Crippen molar-refractivity contribution in [1.82, 2.24) is 10.2 Å². The van der Waals surface area contributed by atoms with E-state index in [1.807, 2.05) is 27.7 Å². The molecule has 0 radical (unpaired) electrons. The molecule has 0 unspecified atom stereocenters. The van der Waals surface area contributed by atoms with Gasteiger partial charge in [0.1, 0.15) is 0 Å². The van der Waals surface area contributed by atoms with Gasteiger partial charge in [-0.2, -0.15) is 13.2 Å². The molecule has 0 aromatic heterocycles. The lowest BCUT2D eigenvalue weighted by molar-refractivity contribution is -0.294. The summed E-state index contributed by atoms with van der Waals surface area (Å²) in [7, 11) is 0. The van der Waals surface area contributed by atoms with E-state index in [1.165, 1.54) is 0 Å². The van der Waals surface area contributed by atoms with E-state index in [2.05, 4.69) is 5.32 Å². The molecule has 0 aromatic rings. The summed E-state index contributed by atoms with van der Waals surface area (Å²) >= 11 is 0. The quantitative estimate of drug-likeness (QED) is 0.806. The molecule has 1 fully saturated rings. The maximum atomic E-state index is 12.2. The third-order valence-electron chi connectivity index (χ3n) is 2.38. The van der Waals surface area contributed by atoms with Gasteiger partial charge in [-0.3, -0.25) is 0 Å². The van der Waals surface area contributed by atoms with Gasteiger partial charge in [0.2, 0.25) is 0 Å². The highest BCUT2D eigenvalue weighted by molar-refractivity contribution is 5.75. The molecule has 0 bridgehead atoms. The number of urea groups is 1. The smallest absolute Gasteiger partial charge is 0.378 e. The number of likely N-dealkylation sites (tertiary alicyclic amines) is 1. The molecule has 2 amide bonds. The van der Waals surface area contributed by atoms with Crippen LogP contribution in [0.4, 0.5) is 18.0 Å². The summed E-state index contributed by atoms with van der Waals surface area (Å²) in [4.78, 5) is 12.2. The Bertz CT molecular complexity index is 274. The first-order chi connectivity index (χ1) is 8.16. The lowest BCUT2D eigenvalue weighted by atomic mass is 9.94. The van der Waals surface area contributed by atoms with Gasteiger partial charge in [0.25, 0.3) is 0 Å². The number of hydrogen-bond acceptors (Lipinski definition) is 2. The number of hydrogen-bond donors (Lipinski definition) is 2. The first-order valence-electron chi connectivity index (χ1n) is 5.97. The fourth-order valence-electron chi connectivity index (χ4n) is 1.31. The number of amides is 2. The van der Waals surface area contributed by atoms with E-state index in [0.717, 1.165) is 4.90 Å². The van der Waals surface area contributed by atoms with Crippen LogP contribution in [-0.4, -0.2) is 47.4 Å². The highest BCUT2D eigenvalue weighted by Gasteiger charge is 2.62. The van der Waals surface area contributed by atoms with Crippen molar-refractivity contribution in [3.8, 4) is 0 Å². The number of nitrogens with one attached hydrogen (secondary N) is 1. The molecule has 18 heavy (non-hydrogen) atoms. The Morgan fingerprint density at radius 2 is 1.83 bits per heavy atom. The fourth-order valence-corrected chi connectivity index (χ4v) is 1.31. The van der Waals surface area contributed by atoms with Gasteiger partial charge in [0.15, 0.2) is 5.60 Å². The summed E-state index contributed by atoms with van der Waals surface area (Å²) < 4.78 is 36.7. The molecule has 1 aliphatic rings. The third-order valence-corrected chi connectivity index (χ3v) is 2.38. The maximum absolute atomic E-state index is 12.2. The van der Waals surface area contributed by atoms with Crippen LogP contribution in [0.2, 0.25) is 0 Å². The Labute approximate surface area is 105 Å². The van der Waals surface area contributed by atoms with Crippen molar-refractivity contribution in [3.05, 3.63) is 0 Å². The van der Waals surface area contributed by atoms with E-state index in [9.17, 15) is 18.0 Å². The zero-order valence-electron chi connectivity index (χ0n) is 11.1. The van der Waals surface area contributed by atoms with Crippen molar-refractivity contribution in [2.75, 3.05) is 19.6 Å². The summed E-state index contributed by atoms with van der Waals surface area (Å²) in [5.74, 6) is 0.228. The number of aliphatic hydroxyl groups is 1. The summed E-state index contributed by atoms with van der Waals surface area (Å²) in [5.41, 5.74) is -2.73. The number of β-amino-alcohol motifs (C(OH)–C–C–N with tert-alkyl or cyclic N) is 1. The molecular weight excluding hydrogens is 249 g/mol. The molecule has 108 valence electrons. The normalized spacial score (nSPS) is 17.7. The number of carbonyl (C=O) groups excluding carboxylic acids is 1. The Balaban J connectivity index is 0.00000137. The Morgan fingerprint density at radius 3 is 2.17 bits per heavy atom. The first kappa shape index (κ1) is 17.0.